The Morgan fingerprint density at radius 1 is 1.09 bits per heavy atom. The van der Waals surface area contributed by atoms with E-state index in [1.807, 2.05) is 5.32 Å². The molecule has 0 fully saturated rings. The Morgan fingerprint density at radius 2 is 1.59 bits per heavy atom. The Hall–Kier alpha value is -1.85. The maximum atomic E-state index is 11.9. The molecular formula is C11H19N3O7S. The molecule has 0 bridgehead atoms. The van der Waals surface area contributed by atoms with Gasteiger partial charge in [0.1, 0.15) is 18.1 Å². The lowest BCUT2D eigenvalue weighted by Gasteiger charge is -2.22. The smallest absolute Gasteiger partial charge is 0.326 e. The number of carbonyl (C=O) groups is 4. The minimum Gasteiger partial charge on any atom is -0.481 e. The van der Waals surface area contributed by atoms with E-state index in [1.165, 1.54) is 6.92 Å². The largest absolute Gasteiger partial charge is 0.481 e. The second-order valence-electron chi connectivity index (χ2n) is 4.51. The van der Waals surface area contributed by atoms with Crippen molar-refractivity contribution in [1.82, 2.24) is 10.6 Å². The molecule has 0 aliphatic heterocycles. The number of hydrogen-bond acceptors (Lipinski definition) is 7. The zero-order valence-corrected chi connectivity index (χ0v) is 12.6. The van der Waals surface area contributed by atoms with E-state index in [9.17, 15) is 24.3 Å². The Morgan fingerprint density at radius 3 is 1.95 bits per heavy atom. The lowest BCUT2D eigenvalue weighted by Crippen LogP contribution is -2.57. The summed E-state index contributed by atoms with van der Waals surface area (Å²) in [5.41, 5.74) is 5.39. The maximum Gasteiger partial charge on any atom is 0.326 e. The molecule has 0 saturated carbocycles. The number of nitrogens with two attached hydrogens (primary N) is 1. The first-order valence-electron chi connectivity index (χ1n) is 6.20. The number of nitrogens with one attached hydrogen (secondary N) is 2. The molecule has 0 aromatic carbocycles. The molecule has 0 rings (SSSR count). The second kappa shape index (κ2) is 9.23. The number of aliphatic hydroxyl groups is 1. The number of aliphatic hydroxyl groups excluding tert-OH is 1. The number of rotatable bonds is 9. The van der Waals surface area contributed by atoms with E-state index in [0.29, 0.717) is 0 Å². The number of hydrogen-bond donors (Lipinski definition) is 7. The van der Waals surface area contributed by atoms with Crippen LogP contribution in [0.2, 0.25) is 0 Å². The van der Waals surface area contributed by atoms with Crippen LogP contribution in [0.15, 0.2) is 0 Å². The Balaban J connectivity index is 4.80. The molecule has 0 unspecified atom stereocenters. The van der Waals surface area contributed by atoms with Gasteiger partial charge >= 0.3 is 11.9 Å². The fourth-order valence-corrected chi connectivity index (χ4v) is 1.59. The van der Waals surface area contributed by atoms with Gasteiger partial charge in [0.15, 0.2) is 0 Å². The number of amides is 2. The predicted octanol–water partition coefficient (Wildman–Crippen LogP) is -2.85. The van der Waals surface area contributed by atoms with Crippen LogP contribution < -0.4 is 16.4 Å². The molecule has 0 aliphatic rings. The van der Waals surface area contributed by atoms with Crippen molar-refractivity contribution < 1.29 is 34.5 Å². The summed E-state index contributed by atoms with van der Waals surface area (Å²) in [6, 6.07) is -4.14. The topological polar surface area (TPSA) is 179 Å². The van der Waals surface area contributed by atoms with Gasteiger partial charge in [-0.3, -0.25) is 14.4 Å². The molecule has 10 nitrogen and oxygen atoms in total. The van der Waals surface area contributed by atoms with E-state index < -0.39 is 54.4 Å². The SMILES string of the molecule is C[C@@H](O)[C@H](N)C(=O)N[C@@H](CS)C(=O)N[C@@H](CC(=O)O)C(=O)O. The Bertz CT molecular complexity index is 443. The zero-order valence-electron chi connectivity index (χ0n) is 11.7. The summed E-state index contributed by atoms with van der Waals surface area (Å²) < 4.78 is 0. The van der Waals surface area contributed by atoms with Gasteiger partial charge in [-0.05, 0) is 6.92 Å². The monoisotopic (exact) mass is 337 g/mol. The molecule has 126 valence electrons. The minimum absolute atomic E-state index is 0.177. The molecule has 0 spiro atoms. The van der Waals surface area contributed by atoms with Crippen molar-refractivity contribution >= 4 is 36.4 Å². The molecule has 2 amide bonds. The quantitative estimate of drug-likeness (QED) is 0.220. The van der Waals surface area contributed by atoms with Crippen LogP contribution in [0.3, 0.4) is 0 Å². The van der Waals surface area contributed by atoms with Gasteiger partial charge in [-0.25, -0.2) is 4.79 Å². The van der Waals surface area contributed by atoms with Crippen LogP contribution in [-0.4, -0.2) is 69.1 Å². The lowest BCUT2D eigenvalue weighted by molar-refractivity contribution is -0.147. The first kappa shape index (κ1) is 20.1. The van der Waals surface area contributed by atoms with Gasteiger partial charge in [0, 0.05) is 5.75 Å². The van der Waals surface area contributed by atoms with Gasteiger partial charge in [0.2, 0.25) is 11.8 Å². The minimum atomic E-state index is -1.64. The van der Waals surface area contributed by atoms with Gasteiger partial charge in [-0.2, -0.15) is 12.6 Å². The number of thiol groups is 1. The van der Waals surface area contributed by atoms with Gasteiger partial charge < -0.3 is 31.7 Å². The highest BCUT2D eigenvalue weighted by Crippen LogP contribution is 1.98. The lowest BCUT2D eigenvalue weighted by atomic mass is 10.1. The summed E-state index contributed by atoms with van der Waals surface area (Å²) in [6.45, 7) is 1.29. The van der Waals surface area contributed by atoms with Gasteiger partial charge in [0.05, 0.1) is 12.5 Å². The van der Waals surface area contributed by atoms with Crippen LogP contribution in [0.4, 0.5) is 0 Å². The molecule has 0 heterocycles. The van der Waals surface area contributed by atoms with Crippen molar-refractivity contribution in [3.05, 3.63) is 0 Å². The normalized spacial score (nSPS) is 16.0. The highest BCUT2D eigenvalue weighted by molar-refractivity contribution is 7.80. The average Bonchev–Trinajstić information content (AvgIpc) is 2.41. The highest BCUT2D eigenvalue weighted by atomic mass is 32.1. The summed E-state index contributed by atoms with van der Waals surface area (Å²) >= 11 is 3.85. The first-order valence-corrected chi connectivity index (χ1v) is 6.83. The van der Waals surface area contributed by atoms with Gasteiger partial charge in [0.25, 0.3) is 0 Å². The van der Waals surface area contributed by atoms with E-state index in [2.05, 4.69) is 17.9 Å². The maximum absolute atomic E-state index is 11.9. The summed E-state index contributed by atoms with van der Waals surface area (Å²) in [6.07, 6.45) is -1.97. The number of carbonyl (C=O) groups excluding carboxylic acids is 2. The number of carboxylic acid groups (broad SMARTS) is 2. The van der Waals surface area contributed by atoms with E-state index in [4.69, 9.17) is 15.9 Å². The number of aliphatic carboxylic acids is 2. The molecule has 22 heavy (non-hydrogen) atoms. The summed E-state index contributed by atoms with van der Waals surface area (Å²) in [4.78, 5) is 44.9. The third-order valence-electron chi connectivity index (χ3n) is 2.63. The summed E-state index contributed by atoms with van der Waals surface area (Å²) in [5, 5.41) is 30.8. The average molecular weight is 337 g/mol. The van der Waals surface area contributed by atoms with E-state index in [-0.39, 0.29) is 5.75 Å². The van der Waals surface area contributed by atoms with Crippen LogP contribution in [0.1, 0.15) is 13.3 Å². The first-order chi connectivity index (χ1) is 10.1. The van der Waals surface area contributed by atoms with Crippen molar-refractivity contribution in [2.75, 3.05) is 5.75 Å². The van der Waals surface area contributed by atoms with E-state index >= 15 is 0 Å². The van der Waals surface area contributed by atoms with Crippen LogP contribution in [0.25, 0.3) is 0 Å². The summed E-state index contributed by atoms with van der Waals surface area (Å²) in [7, 11) is 0. The second-order valence-corrected chi connectivity index (χ2v) is 4.87. The molecule has 0 saturated heterocycles. The van der Waals surface area contributed by atoms with Crippen LogP contribution in [0, 0.1) is 0 Å². The number of carboxylic acids is 2. The Kier molecular flexibility index (Phi) is 8.45. The van der Waals surface area contributed by atoms with Crippen LogP contribution in [0.5, 0.6) is 0 Å². The van der Waals surface area contributed by atoms with E-state index in [0.717, 1.165) is 0 Å². The van der Waals surface area contributed by atoms with Gasteiger partial charge in [-0.1, -0.05) is 0 Å². The molecule has 4 atom stereocenters. The van der Waals surface area contributed by atoms with Crippen molar-refractivity contribution in [3.63, 3.8) is 0 Å². The summed E-state index contributed by atoms with van der Waals surface area (Å²) in [5.74, 6) is -4.86. The third kappa shape index (κ3) is 6.74. The Labute approximate surface area is 131 Å². The van der Waals surface area contributed by atoms with Crippen molar-refractivity contribution in [2.24, 2.45) is 5.73 Å². The standard InChI is InChI=1S/C11H19N3O7S/c1-4(15)8(12)10(19)14-6(3-22)9(18)13-5(11(20)21)2-7(16)17/h4-6,8,15,22H,2-3,12H2,1H3,(H,13,18)(H,14,19)(H,16,17)(H,20,21)/t4-,5+,6+,8+/m1/s1. The fraction of sp³-hybridized carbons (Fsp3) is 0.636. The predicted molar refractivity (Wildman–Crippen MR) is 77.3 cm³/mol. The molecule has 0 radical (unpaired) electrons. The zero-order chi connectivity index (χ0) is 17.4. The van der Waals surface area contributed by atoms with E-state index in [1.54, 1.807) is 0 Å². The molecule has 0 aromatic heterocycles. The van der Waals surface area contributed by atoms with Crippen molar-refractivity contribution in [2.45, 2.75) is 37.6 Å². The van der Waals surface area contributed by atoms with Gasteiger partial charge in [-0.15, -0.1) is 0 Å². The molecule has 0 aliphatic carbocycles. The van der Waals surface area contributed by atoms with Crippen LogP contribution in [-0.2, 0) is 19.2 Å². The highest BCUT2D eigenvalue weighted by Gasteiger charge is 2.29. The third-order valence-corrected chi connectivity index (χ3v) is 3.00. The van der Waals surface area contributed by atoms with Crippen molar-refractivity contribution in [3.8, 4) is 0 Å². The molecule has 7 N–H and O–H groups in total. The fourth-order valence-electron chi connectivity index (χ4n) is 1.33. The van der Waals surface area contributed by atoms with Crippen molar-refractivity contribution in [1.29, 1.82) is 0 Å². The molecule has 0 aromatic rings. The molecule has 11 heteroatoms. The molecular weight excluding hydrogens is 318 g/mol. The van der Waals surface area contributed by atoms with Crippen LogP contribution >= 0.6 is 12.6 Å².